The van der Waals surface area contributed by atoms with Crippen molar-refractivity contribution in [3.63, 3.8) is 0 Å². The Morgan fingerprint density at radius 3 is 2.38 bits per heavy atom. The molecule has 1 N–H and O–H groups in total. The van der Waals surface area contributed by atoms with Crippen molar-refractivity contribution in [2.45, 2.75) is 19.4 Å². The maximum atomic E-state index is 6.36. The van der Waals surface area contributed by atoms with E-state index in [2.05, 4.69) is 12.2 Å². The predicted octanol–water partition coefficient (Wildman–Crippen LogP) is 6.39. The van der Waals surface area contributed by atoms with Crippen LogP contribution in [0.1, 0.15) is 30.5 Å². The van der Waals surface area contributed by atoms with Crippen molar-refractivity contribution in [2.24, 2.45) is 0 Å². The zero-order valence-corrected chi connectivity index (χ0v) is 14.5. The average Bonchev–Trinajstić information content (AvgIpc) is 2.47. The zero-order valence-electron chi connectivity index (χ0n) is 11.5. The molecule has 1 unspecified atom stereocenters. The highest BCUT2D eigenvalue weighted by atomic mass is 35.5. The molecule has 0 saturated heterocycles. The first-order valence-corrected chi connectivity index (χ1v) is 8.18. The van der Waals surface area contributed by atoms with Gasteiger partial charge in [0.25, 0.3) is 0 Å². The fourth-order valence-electron chi connectivity index (χ4n) is 2.13. The molecule has 0 amide bonds. The molecule has 0 aromatic heterocycles. The van der Waals surface area contributed by atoms with Crippen LogP contribution >= 0.6 is 46.4 Å². The van der Waals surface area contributed by atoms with E-state index in [0.717, 1.165) is 24.1 Å². The molecule has 0 aliphatic carbocycles. The van der Waals surface area contributed by atoms with Crippen molar-refractivity contribution >= 4 is 46.4 Å². The fourth-order valence-corrected chi connectivity index (χ4v) is 2.85. The Labute approximate surface area is 145 Å². The summed E-state index contributed by atoms with van der Waals surface area (Å²) in [5.74, 6) is 0. The second-order valence-electron chi connectivity index (χ2n) is 4.70. The van der Waals surface area contributed by atoms with Crippen LogP contribution in [0.4, 0.5) is 0 Å². The van der Waals surface area contributed by atoms with E-state index >= 15 is 0 Å². The van der Waals surface area contributed by atoms with Gasteiger partial charge >= 0.3 is 0 Å². The maximum Gasteiger partial charge on any atom is 0.0643 e. The minimum absolute atomic E-state index is 0.0779. The summed E-state index contributed by atoms with van der Waals surface area (Å²) in [7, 11) is 0. The second-order valence-corrected chi connectivity index (χ2v) is 6.30. The standard InChI is InChI=1S/C16H15Cl4N/c1-2-8-21-16(10-6-7-12(17)14(19)9-10)11-4-3-5-13(18)15(11)20/h3-7,9,16,21H,2,8H2,1H3. The summed E-state index contributed by atoms with van der Waals surface area (Å²) in [5, 5.41) is 5.62. The van der Waals surface area contributed by atoms with Crippen LogP contribution in [0.25, 0.3) is 0 Å². The van der Waals surface area contributed by atoms with Gasteiger partial charge in [-0.15, -0.1) is 0 Å². The molecule has 2 aromatic carbocycles. The first-order valence-electron chi connectivity index (χ1n) is 6.66. The third-order valence-corrected chi connectivity index (χ3v) is 4.74. The van der Waals surface area contributed by atoms with E-state index in [0.29, 0.717) is 20.1 Å². The number of halogens is 4. The average molecular weight is 363 g/mol. The summed E-state index contributed by atoms with van der Waals surface area (Å²) in [6, 6.07) is 11.1. The lowest BCUT2D eigenvalue weighted by molar-refractivity contribution is 0.599. The van der Waals surface area contributed by atoms with Gasteiger partial charge in [0.05, 0.1) is 26.1 Å². The number of rotatable bonds is 5. The molecule has 0 aliphatic heterocycles. The fraction of sp³-hybridized carbons (Fsp3) is 0.250. The van der Waals surface area contributed by atoms with E-state index in [1.807, 2.05) is 24.3 Å². The van der Waals surface area contributed by atoms with Crippen molar-refractivity contribution in [1.82, 2.24) is 5.32 Å². The summed E-state index contributed by atoms with van der Waals surface area (Å²) in [6.45, 7) is 2.96. The SMILES string of the molecule is CCCNC(c1ccc(Cl)c(Cl)c1)c1cccc(Cl)c1Cl. The highest BCUT2D eigenvalue weighted by Crippen LogP contribution is 2.35. The van der Waals surface area contributed by atoms with E-state index < -0.39 is 0 Å². The summed E-state index contributed by atoms with van der Waals surface area (Å²) < 4.78 is 0. The van der Waals surface area contributed by atoms with Gasteiger partial charge in [-0.2, -0.15) is 0 Å². The van der Waals surface area contributed by atoms with Crippen LogP contribution in [0.15, 0.2) is 36.4 Å². The Morgan fingerprint density at radius 1 is 0.952 bits per heavy atom. The van der Waals surface area contributed by atoms with Crippen molar-refractivity contribution in [2.75, 3.05) is 6.54 Å². The molecule has 112 valence electrons. The van der Waals surface area contributed by atoms with E-state index in [1.165, 1.54) is 0 Å². The number of hydrogen-bond acceptors (Lipinski definition) is 1. The van der Waals surface area contributed by atoms with E-state index in [1.54, 1.807) is 12.1 Å². The van der Waals surface area contributed by atoms with Gasteiger partial charge < -0.3 is 5.32 Å². The van der Waals surface area contributed by atoms with E-state index in [9.17, 15) is 0 Å². The van der Waals surface area contributed by atoms with E-state index in [4.69, 9.17) is 46.4 Å². The molecule has 0 bridgehead atoms. The zero-order chi connectivity index (χ0) is 15.4. The molecule has 0 radical (unpaired) electrons. The lowest BCUT2D eigenvalue weighted by atomic mass is 9.98. The minimum atomic E-state index is -0.0779. The molecule has 0 spiro atoms. The largest absolute Gasteiger partial charge is 0.306 e. The van der Waals surface area contributed by atoms with Crippen LogP contribution in [0, 0.1) is 0 Å². The van der Waals surface area contributed by atoms with Gasteiger partial charge in [-0.3, -0.25) is 0 Å². The highest BCUT2D eigenvalue weighted by Gasteiger charge is 2.18. The molecular formula is C16H15Cl4N. The van der Waals surface area contributed by atoms with Crippen LogP contribution in [0.3, 0.4) is 0 Å². The first kappa shape index (κ1) is 16.9. The highest BCUT2D eigenvalue weighted by molar-refractivity contribution is 6.42. The third kappa shape index (κ3) is 4.06. The number of hydrogen-bond donors (Lipinski definition) is 1. The first-order chi connectivity index (χ1) is 10.0. The Bertz CT molecular complexity index is 628. The smallest absolute Gasteiger partial charge is 0.0643 e. The van der Waals surface area contributed by atoms with Gasteiger partial charge in [0, 0.05) is 0 Å². The van der Waals surface area contributed by atoms with Crippen molar-refractivity contribution in [1.29, 1.82) is 0 Å². The molecular weight excluding hydrogens is 348 g/mol. The summed E-state index contributed by atoms with van der Waals surface area (Å²) in [6.07, 6.45) is 1.01. The van der Waals surface area contributed by atoms with Crippen LogP contribution in [0.5, 0.6) is 0 Å². The van der Waals surface area contributed by atoms with E-state index in [-0.39, 0.29) is 6.04 Å². The number of nitrogens with one attached hydrogen (secondary N) is 1. The van der Waals surface area contributed by atoms with Gasteiger partial charge in [0.1, 0.15) is 0 Å². The number of benzene rings is 2. The summed E-state index contributed by atoms with van der Waals surface area (Å²) >= 11 is 24.6. The second kappa shape index (κ2) is 7.71. The maximum absolute atomic E-state index is 6.36. The van der Waals surface area contributed by atoms with Gasteiger partial charge in [-0.1, -0.05) is 71.5 Å². The van der Waals surface area contributed by atoms with Gasteiger partial charge in [-0.25, -0.2) is 0 Å². The molecule has 2 aromatic rings. The predicted molar refractivity (Wildman–Crippen MR) is 93.1 cm³/mol. The third-order valence-electron chi connectivity index (χ3n) is 3.17. The molecule has 0 aliphatic rings. The summed E-state index contributed by atoms with van der Waals surface area (Å²) in [5.41, 5.74) is 1.93. The lowest BCUT2D eigenvalue weighted by Gasteiger charge is -2.21. The normalized spacial score (nSPS) is 12.4. The Morgan fingerprint density at radius 2 is 1.71 bits per heavy atom. The Balaban J connectivity index is 2.47. The van der Waals surface area contributed by atoms with Gasteiger partial charge in [-0.05, 0) is 42.3 Å². The van der Waals surface area contributed by atoms with Crippen LogP contribution in [-0.4, -0.2) is 6.54 Å². The van der Waals surface area contributed by atoms with Crippen molar-refractivity contribution in [3.05, 3.63) is 67.6 Å². The molecule has 2 rings (SSSR count). The van der Waals surface area contributed by atoms with Crippen LogP contribution < -0.4 is 5.32 Å². The molecule has 1 atom stereocenters. The quantitative estimate of drug-likeness (QED) is 0.649. The molecule has 21 heavy (non-hydrogen) atoms. The molecule has 1 nitrogen and oxygen atoms in total. The lowest BCUT2D eigenvalue weighted by Crippen LogP contribution is -2.23. The molecule has 0 saturated carbocycles. The summed E-state index contributed by atoms with van der Waals surface area (Å²) in [4.78, 5) is 0. The van der Waals surface area contributed by atoms with Crippen molar-refractivity contribution in [3.8, 4) is 0 Å². The Hall–Kier alpha value is -0.440. The molecule has 5 heteroatoms. The van der Waals surface area contributed by atoms with Crippen LogP contribution in [-0.2, 0) is 0 Å². The molecule has 0 fully saturated rings. The van der Waals surface area contributed by atoms with Gasteiger partial charge in [0.15, 0.2) is 0 Å². The minimum Gasteiger partial charge on any atom is -0.306 e. The van der Waals surface area contributed by atoms with Crippen molar-refractivity contribution < 1.29 is 0 Å². The van der Waals surface area contributed by atoms with Crippen LogP contribution in [0.2, 0.25) is 20.1 Å². The molecule has 0 heterocycles. The topological polar surface area (TPSA) is 12.0 Å². The van der Waals surface area contributed by atoms with Gasteiger partial charge in [0.2, 0.25) is 0 Å². The monoisotopic (exact) mass is 361 g/mol. The Kier molecular flexibility index (Phi) is 6.21.